The number of rotatable bonds is 7. The lowest BCUT2D eigenvalue weighted by Gasteiger charge is -2.10. The van der Waals surface area contributed by atoms with Crippen molar-refractivity contribution < 1.29 is 14.6 Å². The summed E-state index contributed by atoms with van der Waals surface area (Å²) in [6.45, 7) is 2.32. The van der Waals surface area contributed by atoms with E-state index in [4.69, 9.17) is 16.3 Å². The third-order valence-electron chi connectivity index (χ3n) is 3.11. The van der Waals surface area contributed by atoms with Crippen molar-refractivity contribution in [3.05, 3.63) is 51.2 Å². The molecule has 1 atom stereocenters. The molecule has 1 aromatic carbocycles. The Morgan fingerprint density at radius 2 is 2.05 bits per heavy atom. The van der Waals surface area contributed by atoms with Crippen LogP contribution in [0.1, 0.15) is 29.9 Å². The van der Waals surface area contributed by atoms with Crippen molar-refractivity contribution in [1.82, 2.24) is 5.32 Å². The Kier molecular flexibility index (Phi) is 6.24. The van der Waals surface area contributed by atoms with Gasteiger partial charge in [-0.15, -0.1) is 11.3 Å². The number of aliphatic hydroxyl groups excluding tert-OH is 1. The van der Waals surface area contributed by atoms with Crippen LogP contribution >= 0.6 is 22.9 Å². The molecule has 0 aliphatic carbocycles. The van der Waals surface area contributed by atoms with Gasteiger partial charge in [-0.2, -0.15) is 0 Å². The molecule has 1 amide bonds. The van der Waals surface area contributed by atoms with E-state index in [0.29, 0.717) is 23.1 Å². The van der Waals surface area contributed by atoms with E-state index in [9.17, 15) is 9.90 Å². The Labute approximate surface area is 138 Å². The van der Waals surface area contributed by atoms with E-state index in [1.54, 1.807) is 30.3 Å². The number of ether oxygens (including phenoxy) is 1. The molecule has 22 heavy (non-hydrogen) atoms. The number of hydrogen-bond donors (Lipinski definition) is 2. The van der Waals surface area contributed by atoms with Crippen LogP contribution in [0.5, 0.6) is 5.75 Å². The fourth-order valence-electron chi connectivity index (χ4n) is 1.85. The Bertz CT molecular complexity index is 612. The maximum Gasteiger partial charge on any atom is 0.258 e. The van der Waals surface area contributed by atoms with Gasteiger partial charge in [0.15, 0.2) is 6.61 Å². The molecule has 6 heteroatoms. The van der Waals surface area contributed by atoms with Crippen molar-refractivity contribution in [2.45, 2.75) is 26.0 Å². The topological polar surface area (TPSA) is 58.6 Å². The Balaban J connectivity index is 1.76. The van der Waals surface area contributed by atoms with Crippen molar-refractivity contribution in [3.63, 3.8) is 0 Å². The Morgan fingerprint density at radius 3 is 2.64 bits per heavy atom. The molecular formula is C16H18ClNO3S. The molecule has 118 valence electrons. The summed E-state index contributed by atoms with van der Waals surface area (Å²) in [6.07, 6.45) is 0.199. The summed E-state index contributed by atoms with van der Waals surface area (Å²) < 4.78 is 6.12. The van der Waals surface area contributed by atoms with E-state index >= 15 is 0 Å². The number of carbonyl (C=O) groups excluding carboxylic acids is 1. The first kappa shape index (κ1) is 16.8. The van der Waals surface area contributed by atoms with E-state index in [1.807, 2.05) is 13.0 Å². The van der Waals surface area contributed by atoms with Gasteiger partial charge >= 0.3 is 0 Å². The third kappa shape index (κ3) is 5.02. The van der Waals surface area contributed by atoms with Crippen LogP contribution in [0.3, 0.4) is 0 Å². The quantitative estimate of drug-likeness (QED) is 0.811. The number of hydrogen-bond acceptors (Lipinski definition) is 4. The van der Waals surface area contributed by atoms with Crippen LogP contribution in [0.15, 0.2) is 36.4 Å². The highest BCUT2D eigenvalue weighted by atomic mass is 35.5. The predicted molar refractivity (Wildman–Crippen MR) is 88.4 cm³/mol. The second-order valence-corrected chi connectivity index (χ2v) is 6.56. The fraction of sp³-hybridized carbons (Fsp3) is 0.312. The van der Waals surface area contributed by atoms with Gasteiger partial charge in [0.05, 0.1) is 17.0 Å². The average Bonchev–Trinajstić information content (AvgIpc) is 2.96. The van der Waals surface area contributed by atoms with Crippen LogP contribution in [-0.2, 0) is 11.3 Å². The van der Waals surface area contributed by atoms with Crippen LogP contribution in [0.2, 0.25) is 4.34 Å². The maximum absolute atomic E-state index is 11.7. The molecule has 2 rings (SSSR count). The summed E-state index contributed by atoms with van der Waals surface area (Å²) in [6, 6.07) is 10.8. The van der Waals surface area contributed by atoms with Gasteiger partial charge in [-0.25, -0.2) is 0 Å². The number of aliphatic hydroxyl groups is 1. The minimum absolute atomic E-state index is 0.0468. The molecule has 0 unspecified atom stereocenters. The highest BCUT2D eigenvalue weighted by molar-refractivity contribution is 7.16. The second kappa shape index (κ2) is 8.17. The average molecular weight is 340 g/mol. The molecule has 2 aromatic rings. The number of amides is 1. The lowest BCUT2D eigenvalue weighted by Crippen LogP contribution is -2.28. The number of halogens is 1. The van der Waals surface area contributed by atoms with E-state index in [-0.39, 0.29) is 12.5 Å². The molecule has 0 aliphatic heterocycles. The van der Waals surface area contributed by atoms with Crippen LogP contribution in [0, 0.1) is 0 Å². The zero-order valence-corrected chi connectivity index (χ0v) is 13.8. The highest BCUT2D eigenvalue weighted by Crippen LogP contribution is 2.21. The highest BCUT2D eigenvalue weighted by Gasteiger charge is 2.06. The largest absolute Gasteiger partial charge is 0.484 e. The molecule has 0 aliphatic rings. The van der Waals surface area contributed by atoms with Gasteiger partial charge in [0, 0.05) is 4.88 Å². The molecule has 2 N–H and O–H groups in total. The molecule has 0 saturated carbocycles. The van der Waals surface area contributed by atoms with Gasteiger partial charge in [0.25, 0.3) is 5.91 Å². The van der Waals surface area contributed by atoms with Gasteiger partial charge < -0.3 is 15.2 Å². The lowest BCUT2D eigenvalue weighted by molar-refractivity contribution is -0.123. The van der Waals surface area contributed by atoms with Crippen molar-refractivity contribution >= 4 is 28.8 Å². The molecule has 0 radical (unpaired) electrons. The Morgan fingerprint density at radius 1 is 1.32 bits per heavy atom. The SMILES string of the molecule is CC[C@H](O)c1ccc(OCC(=O)NCc2ccc(Cl)s2)cc1. The second-order valence-electron chi connectivity index (χ2n) is 4.76. The van der Waals surface area contributed by atoms with Crippen LogP contribution in [0.25, 0.3) is 0 Å². The van der Waals surface area contributed by atoms with E-state index in [1.165, 1.54) is 11.3 Å². The molecule has 0 fully saturated rings. The van der Waals surface area contributed by atoms with Gasteiger partial charge in [-0.1, -0.05) is 30.7 Å². The maximum atomic E-state index is 11.7. The summed E-state index contributed by atoms with van der Waals surface area (Å²) >= 11 is 7.26. The normalized spacial score (nSPS) is 12.0. The Hall–Kier alpha value is -1.56. The molecule has 1 aromatic heterocycles. The van der Waals surface area contributed by atoms with E-state index in [0.717, 1.165) is 10.4 Å². The van der Waals surface area contributed by atoms with Crippen LogP contribution in [-0.4, -0.2) is 17.6 Å². The van der Waals surface area contributed by atoms with Crippen molar-refractivity contribution in [3.8, 4) is 5.75 Å². The van der Waals surface area contributed by atoms with E-state index < -0.39 is 6.10 Å². The predicted octanol–water partition coefficient (Wildman–Crippen LogP) is 3.54. The van der Waals surface area contributed by atoms with Crippen molar-refractivity contribution in [2.24, 2.45) is 0 Å². The first-order chi connectivity index (χ1) is 10.6. The van der Waals surface area contributed by atoms with Crippen molar-refractivity contribution in [1.29, 1.82) is 0 Å². The summed E-state index contributed by atoms with van der Waals surface area (Å²) in [5.74, 6) is 0.406. The van der Waals surface area contributed by atoms with Crippen LogP contribution in [0.4, 0.5) is 0 Å². The number of carbonyl (C=O) groups is 1. The molecule has 4 nitrogen and oxygen atoms in total. The van der Waals surface area contributed by atoms with Gasteiger partial charge in [-0.05, 0) is 36.2 Å². The summed E-state index contributed by atoms with van der Waals surface area (Å²) in [5, 5.41) is 12.5. The van der Waals surface area contributed by atoms with Crippen molar-refractivity contribution in [2.75, 3.05) is 6.61 Å². The van der Waals surface area contributed by atoms with Gasteiger partial charge in [-0.3, -0.25) is 4.79 Å². The summed E-state index contributed by atoms with van der Waals surface area (Å²) in [4.78, 5) is 12.7. The molecule has 1 heterocycles. The van der Waals surface area contributed by atoms with Crippen LogP contribution < -0.4 is 10.1 Å². The molecule has 0 spiro atoms. The first-order valence-electron chi connectivity index (χ1n) is 7.00. The number of benzene rings is 1. The summed E-state index contributed by atoms with van der Waals surface area (Å²) in [7, 11) is 0. The lowest BCUT2D eigenvalue weighted by atomic mass is 10.1. The zero-order valence-electron chi connectivity index (χ0n) is 12.2. The number of nitrogens with one attached hydrogen (secondary N) is 1. The molecular weight excluding hydrogens is 322 g/mol. The molecule has 0 bridgehead atoms. The van der Waals surface area contributed by atoms with E-state index in [2.05, 4.69) is 5.32 Å². The first-order valence-corrected chi connectivity index (χ1v) is 8.19. The smallest absolute Gasteiger partial charge is 0.258 e. The standard InChI is InChI=1S/C16H18ClNO3S/c1-2-14(19)11-3-5-12(6-4-11)21-10-16(20)18-9-13-7-8-15(17)22-13/h3-8,14,19H,2,9-10H2,1H3,(H,18,20)/t14-/m0/s1. The fourth-order valence-corrected chi connectivity index (χ4v) is 2.88. The summed E-state index contributed by atoms with van der Waals surface area (Å²) in [5.41, 5.74) is 0.842. The minimum atomic E-state index is -0.463. The zero-order chi connectivity index (χ0) is 15.9. The van der Waals surface area contributed by atoms with Gasteiger partial charge in [0.1, 0.15) is 5.75 Å². The third-order valence-corrected chi connectivity index (χ3v) is 4.34. The minimum Gasteiger partial charge on any atom is -0.484 e. The monoisotopic (exact) mass is 339 g/mol. The molecule has 0 saturated heterocycles. The number of thiophene rings is 1. The van der Waals surface area contributed by atoms with Gasteiger partial charge in [0.2, 0.25) is 0 Å².